The first kappa shape index (κ1) is 12.5. The number of ether oxygens (including phenoxy) is 1. The molecule has 1 rings (SSSR count). The fourth-order valence-corrected chi connectivity index (χ4v) is 0.954. The van der Waals surface area contributed by atoms with Crippen LogP contribution < -0.4 is 11.3 Å². The Morgan fingerprint density at radius 2 is 2.19 bits per heavy atom. The van der Waals surface area contributed by atoms with Crippen LogP contribution in [0.4, 0.5) is 18.9 Å². The number of nitrogens with two attached hydrogens (primary N) is 1. The highest BCUT2D eigenvalue weighted by Crippen LogP contribution is 2.14. The minimum absolute atomic E-state index is 0.0464. The van der Waals surface area contributed by atoms with Crippen LogP contribution >= 0.6 is 0 Å². The highest BCUT2D eigenvalue weighted by molar-refractivity contribution is 5.31. The van der Waals surface area contributed by atoms with E-state index >= 15 is 0 Å². The third-order valence-electron chi connectivity index (χ3n) is 1.60. The Bertz CT molecular complexity index is 402. The summed E-state index contributed by atoms with van der Waals surface area (Å²) >= 11 is 0. The SMILES string of the molecule is Nc1cnn(CCOCC(F)(F)F)c(=O)c1. The molecular weight excluding hydrogens is 227 g/mol. The molecule has 0 aromatic carbocycles. The molecule has 0 spiro atoms. The second kappa shape index (κ2) is 4.97. The van der Waals surface area contributed by atoms with E-state index in [-0.39, 0.29) is 18.8 Å². The van der Waals surface area contributed by atoms with Crippen molar-refractivity contribution in [3.8, 4) is 0 Å². The van der Waals surface area contributed by atoms with Gasteiger partial charge < -0.3 is 10.5 Å². The molecule has 1 aromatic rings. The number of nitrogen functional groups attached to an aromatic ring is 1. The fraction of sp³-hybridized carbons (Fsp3) is 0.500. The Morgan fingerprint density at radius 1 is 1.50 bits per heavy atom. The van der Waals surface area contributed by atoms with Gasteiger partial charge in [-0.05, 0) is 0 Å². The van der Waals surface area contributed by atoms with Crippen molar-refractivity contribution in [3.63, 3.8) is 0 Å². The van der Waals surface area contributed by atoms with Crippen LogP contribution in [0.2, 0.25) is 0 Å². The first-order valence-corrected chi connectivity index (χ1v) is 4.35. The van der Waals surface area contributed by atoms with E-state index in [0.29, 0.717) is 0 Å². The second-order valence-electron chi connectivity index (χ2n) is 3.02. The van der Waals surface area contributed by atoms with Gasteiger partial charge in [-0.3, -0.25) is 4.79 Å². The van der Waals surface area contributed by atoms with Gasteiger partial charge in [-0.1, -0.05) is 0 Å². The van der Waals surface area contributed by atoms with E-state index in [1.807, 2.05) is 0 Å². The predicted octanol–water partition coefficient (Wildman–Crippen LogP) is 0.404. The Balaban J connectivity index is 2.41. The van der Waals surface area contributed by atoms with Gasteiger partial charge in [0.2, 0.25) is 0 Å². The number of anilines is 1. The smallest absolute Gasteiger partial charge is 0.397 e. The van der Waals surface area contributed by atoms with E-state index < -0.39 is 18.3 Å². The number of alkyl halides is 3. The molecule has 0 saturated carbocycles. The van der Waals surface area contributed by atoms with Crippen LogP contribution in [-0.2, 0) is 11.3 Å². The maximum absolute atomic E-state index is 11.7. The van der Waals surface area contributed by atoms with Crippen LogP contribution in [0.3, 0.4) is 0 Å². The van der Waals surface area contributed by atoms with Crippen LogP contribution in [0.15, 0.2) is 17.1 Å². The van der Waals surface area contributed by atoms with Gasteiger partial charge in [0.1, 0.15) is 6.61 Å². The van der Waals surface area contributed by atoms with Gasteiger partial charge in [-0.25, -0.2) is 4.68 Å². The third-order valence-corrected chi connectivity index (χ3v) is 1.60. The Hall–Kier alpha value is -1.57. The quantitative estimate of drug-likeness (QED) is 0.770. The van der Waals surface area contributed by atoms with Gasteiger partial charge in [0.05, 0.1) is 25.0 Å². The van der Waals surface area contributed by atoms with Gasteiger partial charge in [-0.2, -0.15) is 18.3 Å². The van der Waals surface area contributed by atoms with Crippen molar-refractivity contribution < 1.29 is 17.9 Å². The van der Waals surface area contributed by atoms with Crippen molar-refractivity contribution in [1.29, 1.82) is 0 Å². The molecule has 1 heterocycles. The molecule has 0 aliphatic rings. The molecule has 0 bridgehead atoms. The largest absolute Gasteiger partial charge is 0.411 e. The summed E-state index contributed by atoms with van der Waals surface area (Å²) < 4.78 is 40.4. The van der Waals surface area contributed by atoms with E-state index in [2.05, 4.69) is 9.84 Å². The lowest BCUT2D eigenvalue weighted by molar-refractivity contribution is -0.174. The Morgan fingerprint density at radius 3 is 2.75 bits per heavy atom. The molecule has 5 nitrogen and oxygen atoms in total. The van der Waals surface area contributed by atoms with Crippen LogP contribution in [-0.4, -0.2) is 29.2 Å². The summed E-state index contributed by atoms with van der Waals surface area (Å²) in [7, 11) is 0. The Labute approximate surface area is 88.6 Å². The minimum Gasteiger partial charge on any atom is -0.397 e. The summed E-state index contributed by atoms with van der Waals surface area (Å²) in [4.78, 5) is 11.2. The summed E-state index contributed by atoms with van der Waals surface area (Å²) in [5.74, 6) is 0. The van der Waals surface area contributed by atoms with Crippen LogP contribution in [0.5, 0.6) is 0 Å². The zero-order valence-corrected chi connectivity index (χ0v) is 8.20. The van der Waals surface area contributed by atoms with Crippen molar-refractivity contribution in [3.05, 3.63) is 22.6 Å². The molecule has 8 heteroatoms. The summed E-state index contributed by atoms with van der Waals surface area (Å²) in [5.41, 5.74) is 5.01. The molecule has 0 amide bonds. The topological polar surface area (TPSA) is 70.1 Å². The van der Waals surface area contributed by atoms with E-state index in [9.17, 15) is 18.0 Å². The molecular formula is C8H10F3N3O2. The maximum Gasteiger partial charge on any atom is 0.411 e. The molecule has 0 radical (unpaired) electrons. The first-order chi connectivity index (χ1) is 7.38. The lowest BCUT2D eigenvalue weighted by atomic mass is 10.5. The molecule has 0 atom stereocenters. The van der Waals surface area contributed by atoms with Gasteiger partial charge in [-0.15, -0.1) is 0 Å². The number of aromatic nitrogens is 2. The second-order valence-corrected chi connectivity index (χ2v) is 3.02. The molecule has 0 aliphatic heterocycles. The zero-order chi connectivity index (χ0) is 12.2. The van der Waals surface area contributed by atoms with Crippen molar-refractivity contribution in [2.24, 2.45) is 0 Å². The maximum atomic E-state index is 11.7. The number of nitrogens with zero attached hydrogens (tertiary/aromatic N) is 2. The van der Waals surface area contributed by atoms with E-state index in [4.69, 9.17) is 5.73 Å². The lowest BCUT2D eigenvalue weighted by Crippen LogP contribution is -2.26. The van der Waals surface area contributed by atoms with Gasteiger partial charge in [0.25, 0.3) is 5.56 Å². The highest BCUT2D eigenvalue weighted by atomic mass is 19.4. The Kier molecular flexibility index (Phi) is 3.88. The standard InChI is InChI=1S/C8H10F3N3O2/c9-8(10,11)5-16-2-1-14-7(15)3-6(12)4-13-14/h3-4H,1-2,5,12H2. The number of halogens is 3. The van der Waals surface area contributed by atoms with E-state index in [0.717, 1.165) is 10.7 Å². The van der Waals surface area contributed by atoms with Gasteiger partial charge >= 0.3 is 6.18 Å². The average molecular weight is 237 g/mol. The lowest BCUT2D eigenvalue weighted by Gasteiger charge is -2.08. The van der Waals surface area contributed by atoms with Crippen LogP contribution in [0.25, 0.3) is 0 Å². The van der Waals surface area contributed by atoms with Crippen molar-refractivity contribution in [2.75, 3.05) is 18.9 Å². The summed E-state index contributed by atoms with van der Waals surface area (Å²) in [6.45, 7) is -1.62. The summed E-state index contributed by atoms with van der Waals surface area (Å²) in [5, 5.41) is 3.63. The van der Waals surface area contributed by atoms with Gasteiger partial charge in [0, 0.05) is 6.07 Å². The number of rotatable bonds is 4. The highest BCUT2D eigenvalue weighted by Gasteiger charge is 2.27. The summed E-state index contributed by atoms with van der Waals surface area (Å²) in [6, 6.07) is 1.14. The van der Waals surface area contributed by atoms with Crippen LogP contribution in [0.1, 0.15) is 0 Å². The normalized spacial score (nSPS) is 11.7. The number of hydrogen-bond acceptors (Lipinski definition) is 4. The minimum atomic E-state index is -4.36. The van der Waals surface area contributed by atoms with E-state index in [1.165, 1.54) is 6.20 Å². The molecule has 2 N–H and O–H groups in total. The zero-order valence-electron chi connectivity index (χ0n) is 8.20. The molecule has 90 valence electrons. The summed E-state index contributed by atoms with van der Waals surface area (Å²) in [6.07, 6.45) is -3.12. The molecule has 16 heavy (non-hydrogen) atoms. The van der Waals surface area contributed by atoms with Crippen LogP contribution in [0, 0.1) is 0 Å². The van der Waals surface area contributed by atoms with Crippen molar-refractivity contribution >= 4 is 5.69 Å². The molecule has 0 aliphatic carbocycles. The van der Waals surface area contributed by atoms with Gasteiger partial charge in [0.15, 0.2) is 0 Å². The van der Waals surface area contributed by atoms with E-state index in [1.54, 1.807) is 0 Å². The first-order valence-electron chi connectivity index (χ1n) is 4.35. The van der Waals surface area contributed by atoms with Crippen molar-refractivity contribution in [2.45, 2.75) is 12.7 Å². The molecule has 1 aromatic heterocycles. The fourth-order valence-electron chi connectivity index (χ4n) is 0.954. The monoisotopic (exact) mass is 237 g/mol. The molecule has 0 fully saturated rings. The predicted molar refractivity (Wildman–Crippen MR) is 49.8 cm³/mol. The average Bonchev–Trinajstić information content (AvgIpc) is 2.13. The third kappa shape index (κ3) is 4.30. The molecule has 0 unspecified atom stereocenters. The molecule has 0 saturated heterocycles. The number of hydrogen-bond donors (Lipinski definition) is 1. The van der Waals surface area contributed by atoms with Crippen molar-refractivity contribution in [1.82, 2.24) is 9.78 Å².